The second kappa shape index (κ2) is 6.76. The fourth-order valence-electron chi connectivity index (χ4n) is 1.48. The lowest BCUT2D eigenvalue weighted by molar-refractivity contribution is -0.385. The summed E-state index contributed by atoms with van der Waals surface area (Å²) in [5, 5.41) is 10.8. The summed E-state index contributed by atoms with van der Waals surface area (Å²) >= 11 is 1.31. The molecule has 0 aliphatic heterocycles. The molecular weight excluding hydrogens is 282 g/mol. The minimum Gasteiger partial charge on any atom is -0.468 e. The van der Waals surface area contributed by atoms with Crippen LogP contribution in [-0.2, 0) is 10.5 Å². The number of nitro groups is 1. The average Bonchev–Trinajstić information content (AvgIpc) is 2.92. The van der Waals surface area contributed by atoms with Gasteiger partial charge >= 0.3 is 11.7 Å². The van der Waals surface area contributed by atoms with Crippen LogP contribution in [0.2, 0.25) is 0 Å². The van der Waals surface area contributed by atoms with Gasteiger partial charge in [-0.25, -0.2) is 0 Å². The highest BCUT2D eigenvalue weighted by Gasteiger charge is 2.16. The first-order chi connectivity index (χ1) is 9.66. The highest BCUT2D eigenvalue weighted by Crippen LogP contribution is 2.26. The Balaban J connectivity index is 1.87. The van der Waals surface area contributed by atoms with Gasteiger partial charge in [-0.15, -0.1) is 11.8 Å². The zero-order chi connectivity index (χ0) is 14.4. The minimum atomic E-state index is -0.585. The van der Waals surface area contributed by atoms with Crippen LogP contribution >= 0.6 is 11.8 Å². The maximum Gasteiger partial charge on any atom is 0.321 e. The first-order valence-corrected chi connectivity index (χ1v) is 6.86. The van der Waals surface area contributed by atoms with Crippen LogP contribution in [0, 0.1) is 10.1 Å². The molecule has 0 spiro atoms. The van der Waals surface area contributed by atoms with E-state index >= 15 is 0 Å². The number of ether oxygens (including phenoxy) is 1. The first kappa shape index (κ1) is 14.1. The molecule has 7 heteroatoms. The van der Waals surface area contributed by atoms with Gasteiger partial charge in [0.2, 0.25) is 5.75 Å². The summed E-state index contributed by atoms with van der Waals surface area (Å²) in [5.74, 6) is 0.816. The predicted octanol–water partition coefficient (Wildman–Crippen LogP) is 3.03. The molecule has 0 aliphatic carbocycles. The van der Waals surface area contributed by atoms with E-state index in [-0.39, 0.29) is 17.2 Å². The number of hydrogen-bond donors (Lipinski definition) is 0. The van der Waals surface area contributed by atoms with Crippen LogP contribution in [0.4, 0.5) is 5.69 Å². The smallest absolute Gasteiger partial charge is 0.321 e. The zero-order valence-electron chi connectivity index (χ0n) is 10.4. The van der Waals surface area contributed by atoms with Gasteiger partial charge < -0.3 is 9.15 Å². The van der Waals surface area contributed by atoms with Gasteiger partial charge in [-0.05, 0) is 18.2 Å². The van der Waals surface area contributed by atoms with E-state index in [4.69, 9.17) is 9.15 Å². The fraction of sp³-hybridized carbons (Fsp3) is 0.154. The van der Waals surface area contributed by atoms with Gasteiger partial charge in [-0.1, -0.05) is 12.1 Å². The molecule has 0 N–H and O–H groups in total. The van der Waals surface area contributed by atoms with Crippen LogP contribution in [-0.4, -0.2) is 16.6 Å². The third kappa shape index (κ3) is 3.86. The molecule has 0 aliphatic rings. The molecule has 2 rings (SSSR count). The highest BCUT2D eigenvalue weighted by atomic mass is 32.2. The van der Waals surface area contributed by atoms with Crippen molar-refractivity contribution in [1.82, 2.24) is 0 Å². The fourth-order valence-corrected chi connectivity index (χ4v) is 2.17. The number of rotatable bonds is 6. The van der Waals surface area contributed by atoms with Crippen LogP contribution in [0.1, 0.15) is 5.76 Å². The lowest BCUT2D eigenvalue weighted by atomic mass is 10.3. The van der Waals surface area contributed by atoms with Gasteiger partial charge in [0.05, 0.1) is 22.7 Å². The molecule has 0 saturated heterocycles. The van der Waals surface area contributed by atoms with E-state index in [9.17, 15) is 14.9 Å². The van der Waals surface area contributed by atoms with Crippen molar-refractivity contribution >= 4 is 23.4 Å². The van der Waals surface area contributed by atoms with E-state index in [0.29, 0.717) is 5.75 Å². The standard InChI is InChI=1S/C13H11NO5S/c15-13(9-20-8-10-4-3-7-18-10)19-12-6-2-1-5-11(12)14(16)17/h1-7H,8-9H2. The highest BCUT2D eigenvalue weighted by molar-refractivity contribution is 7.99. The Morgan fingerprint density at radius 3 is 2.80 bits per heavy atom. The Morgan fingerprint density at radius 2 is 2.10 bits per heavy atom. The third-order valence-corrected chi connectivity index (χ3v) is 3.26. The van der Waals surface area contributed by atoms with E-state index in [1.165, 1.54) is 30.0 Å². The summed E-state index contributed by atoms with van der Waals surface area (Å²) in [6.45, 7) is 0. The summed E-state index contributed by atoms with van der Waals surface area (Å²) in [4.78, 5) is 21.8. The molecule has 0 atom stereocenters. The summed E-state index contributed by atoms with van der Waals surface area (Å²) in [6, 6.07) is 9.35. The maximum absolute atomic E-state index is 11.6. The van der Waals surface area contributed by atoms with Gasteiger partial charge in [0.15, 0.2) is 0 Å². The number of para-hydroxylation sites is 2. The zero-order valence-corrected chi connectivity index (χ0v) is 11.2. The Kier molecular flexibility index (Phi) is 4.78. The van der Waals surface area contributed by atoms with E-state index < -0.39 is 10.9 Å². The van der Waals surface area contributed by atoms with Crippen LogP contribution < -0.4 is 4.74 Å². The van der Waals surface area contributed by atoms with E-state index in [0.717, 1.165) is 5.76 Å². The largest absolute Gasteiger partial charge is 0.468 e. The summed E-state index contributed by atoms with van der Waals surface area (Å²) in [7, 11) is 0. The second-order valence-corrected chi connectivity index (χ2v) is 4.76. The number of carbonyl (C=O) groups is 1. The molecular formula is C13H11NO5S. The molecule has 2 aromatic rings. The monoisotopic (exact) mass is 293 g/mol. The molecule has 6 nitrogen and oxygen atoms in total. The van der Waals surface area contributed by atoms with Gasteiger partial charge in [-0.3, -0.25) is 14.9 Å². The topological polar surface area (TPSA) is 82.6 Å². The number of carbonyl (C=O) groups excluding carboxylic acids is 1. The number of nitrogens with zero attached hydrogens (tertiary/aromatic N) is 1. The van der Waals surface area contributed by atoms with Gasteiger partial charge in [0, 0.05) is 6.07 Å². The molecule has 1 heterocycles. The average molecular weight is 293 g/mol. The second-order valence-electron chi connectivity index (χ2n) is 3.77. The summed E-state index contributed by atoms with van der Waals surface area (Å²) in [5.41, 5.74) is -0.225. The Hall–Kier alpha value is -2.28. The minimum absolute atomic E-state index is 0.0406. The van der Waals surface area contributed by atoms with E-state index in [1.807, 2.05) is 0 Å². The van der Waals surface area contributed by atoms with Crippen LogP contribution in [0.5, 0.6) is 5.75 Å². The van der Waals surface area contributed by atoms with Gasteiger partial charge in [0.25, 0.3) is 0 Å². The maximum atomic E-state index is 11.6. The quantitative estimate of drug-likeness (QED) is 0.352. The SMILES string of the molecule is O=C(CSCc1ccco1)Oc1ccccc1[N+](=O)[O-]. The molecule has 0 radical (unpaired) electrons. The van der Waals surface area contributed by atoms with E-state index in [1.54, 1.807) is 24.5 Å². The number of thioether (sulfide) groups is 1. The molecule has 0 unspecified atom stereocenters. The van der Waals surface area contributed by atoms with Crippen molar-refractivity contribution in [3.05, 3.63) is 58.5 Å². The number of furan rings is 1. The molecule has 0 saturated carbocycles. The molecule has 1 aromatic carbocycles. The molecule has 1 aromatic heterocycles. The number of hydrogen-bond acceptors (Lipinski definition) is 6. The molecule has 0 amide bonds. The van der Waals surface area contributed by atoms with E-state index in [2.05, 4.69) is 0 Å². The lowest BCUT2D eigenvalue weighted by Crippen LogP contribution is -2.11. The molecule has 0 fully saturated rings. The molecule has 0 bridgehead atoms. The van der Waals surface area contributed by atoms with Crippen LogP contribution in [0.15, 0.2) is 47.1 Å². The first-order valence-electron chi connectivity index (χ1n) is 5.71. The van der Waals surface area contributed by atoms with Crippen molar-refractivity contribution in [1.29, 1.82) is 0 Å². The van der Waals surface area contributed by atoms with Crippen LogP contribution in [0.25, 0.3) is 0 Å². The predicted molar refractivity (Wildman–Crippen MR) is 73.6 cm³/mol. The lowest BCUT2D eigenvalue weighted by Gasteiger charge is -2.04. The Bertz CT molecular complexity index is 597. The molecule has 20 heavy (non-hydrogen) atoms. The molecule has 104 valence electrons. The van der Waals surface area contributed by atoms with Crippen molar-refractivity contribution in [3.8, 4) is 5.75 Å². The number of benzene rings is 1. The van der Waals surface area contributed by atoms with Gasteiger partial charge in [-0.2, -0.15) is 0 Å². The normalized spacial score (nSPS) is 10.2. The van der Waals surface area contributed by atoms with Crippen molar-refractivity contribution in [2.45, 2.75) is 5.75 Å². The number of esters is 1. The summed E-state index contributed by atoms with van der Waals surface area (Å²) < 4.78 is 10.1. The Morgan fingerprint density at radius 1 is 1.30 bits per heavy atom. The van der Waals surface area contributed by atoms with Crippen molar-refractivity contribution < 1.29 is 18.9 Å². The third-order valence-electron chi connectivity index (χ3n) is 2.33. The summed E-state index contributed by atoms with van der Waals surface area (Å²) in [6.07, 6.45) is 1.56. The van der Waals surface area contributed by atoms with Crippen molar-refractivity contribution in [2.24, 2.45) is 0 Å². The van der Waals surface area contributed by atoms with Crippen molar-refractivity contribution in [2.75, 3.05) is 5.75 Å². The number of nitro benzene ring substituents is 1. The van der Waals surface area contributed by atoms with Crippen LogP contribution in [0.3, 0.4) is 0 Å². The van der Waals surface area contributed by atoms with Crippen molar-refractivity contribution in [3.63, 3.8) is 0 Å². The van der Waals surface area contributed by atoms with Gasteiger partial charge in [0.1, 0.15) is 5.76 Å². The Labute approximate surface area is 118 Å².